The molecule has 0 atom stereocenters. The van der Waals surface area contributed by atoms with E-state index in [1.54, 1.807) is 4.40 Å². The third-order valence-electron chi connectivity index (χ3n) is 4.99. The molecule has 0 fully saturated rings. The highest BCUT2D eigenvalue weighted by molar-refractivity contribution is 9.10. The molecule has 2 aromatic carbocycles. The maximum absolute atomic E-state index is 14.9. The fourth-order valence-corrected chi connectivity index (χ4v) is 4.29. The Hall–Kier alpha value is -2.61. The van der Waals surface area contributed by atoms with Crippen molar-refractivity contribution < 1.29 is 8.78 Å². The second-order valence-electron chi connectivity index (χ2n) is 6.54. The number of rotatable bonds is 1. The Labute approximate surface area is 161 Å². The summed E-state index contributed by atoms with van der Waals surface area (Å²) in [6.07, 6.45) is 4.29. The Morgan fingerprint density at radius 2 is 1.96 bits per heavy atom. The van der Waals surface area contributed by atoms with E-state index in [2.05, 4.69) is 31.1 Å². The van der Waals surface area contributed by atoms with Crippen LogP contribution in [0.4, 0.5) is 20.3 Å². The molecule has 0 amide bonds. The summed E-state index contributed by atoms with van der Waals surface area (Å²) in [5.41, 5.74) is 2.57. The molecule has 27 heavy (non-hydrogen) atoms. The lowest BCUT2D eigenvalue weighted by Crippen LogP contribution is -2.20. The third-order valence-corrected chi connectivity index (χ3v) is 5.73. The smallest absolute Gasteiger partial charge is 0.257 e. The van der Waals surface area contributed by atoms with Crippen LogP contribution in [0.2, 0.25) is 0 Å². The number of aromatic nitrogens is 4. The molecule has 0 spiro atoms. The van der Waals surface area contributed by atoms with Crippen molar-refractivity contribution in [3.63, 3.8) is 0 Å². The van der Waals surface area contributed by atoms with E-state index in [-0.39, 0.29) is 5.39 Å². The van der Waals surface area contributed by atoms with Crippen LogP contribution in [0.1, 0.15) is 18.4 Å². The minimum Gasteiger partial charge on any atom is -0.325 e. The first kappa shape index (κ1) is 16.6. The summed E-state index contributed by atoms with van der Waals surface area (Å²) in [6.45, 7) is 0.659. The van der Waals surface area contributed by atoms with Gasteiger partial charge in [0, 0.05) is 16.7 Å². The number of anilines is 2. The van der Waals surface area contributed by atoms with Gasteiger partial charge in [-0.3, -0.25) is 4.40 Å². The van der Waals surface area contributed by atoms with Crippen molar-refractivity contribution in [1.82, 2.24) is 19.6 Å². The average molecular weight is 430 g/mol. The van der Waals surface area contributed by atoms with Gasteiger partial charge in [-0.25, -0.2) is 8.78 Å². The molecule has 0 N–H and O–H groups in total. The van der Waals surface area contributed by atoms with Gasteiger partial charge in [0.25, 0.3) is 5.78 Å². The van der Waals surface area contributed by atoms with Crippen LogP contribution in [0.3, 0.4) is 0 Å². The Morgan fingerprint density at radius 1 is 1.07 bits per heavy atom. The van der Waals surface area contributed by atoms with Crippen LogP contribution in [0.15, 0.2) is 41.1 Å². The van der Waals surface area contributed by atoms with Crippen molar-refractivity contribution in [2.24, 2.45) is 0 Å². The zero-order valence-electron chi connectivity index (χ0n) is 14.2. The van der Waals surface area contributed by atoms with E-state index in [9.17, 15) is 8.78 Å². The minimum atomic E-state index is -0.911. The molecule has 136 valence electrons. The number of benzene rings is 2. The molecule has 0 saturated carbocycles. The first-order chi connectivity index (χ1) is 13.1. The molecular weight excluding hydrogens is 416 g/mol. The summed E-state index contributed by atoms with van der Waals surface area (Å²) in [6, 6.07) is 8.58. The second kappa shape index (κ2) is 6.23. The lowest BCUT2D eigenvalue weighted by molar-refractivity contribution is 0.516. The Morgan fingerprint density at radius 3 is 2.85 bits per heavy atom. The first-order valence-corrected chi connectivity index (χ1v) is 9.47. The van der Waals surface area contributed by atoms with E-state index in [1.165, 1.54) is 12.4 Å². The van der Waals surface area contributed by atoms with Crippen LogP contribution >= 0.6 is 15.9 Å². The van der Waals surface area contributed by atoms with Crippen LogP contribution < -0.4 is 4.90 Å². The predicted molar refractivity (Wildman–Crippen MR) is 102 cm³/mol. The molecule has 0 unspecified atom stereocenters. The summed E-state index contributed by atoms with van der Waals surface area (Å²) in [4.78, 5) is 6.52. The lowest BCUT2D eigenvalue weighted by atomic mass is 10.1. The van der Waals surface area contributed by atoms with Crippen LogP contribution in [0, 0.1) is 11.6 Å². The molecule has 8 heteroatoms. The highest BCUT2D eigenvalue weighted by Crippen LogP contribution is 2.39. The maximum Gasteiger partial charge on any atom is 0.257 e. The number of hydrogen-bond donors (Lipinski definition) is 0. The van der Waals surface area contributed by atoms with E-state index in [4.69, 9.17) is 0 Å². The SMILES string of the molecule is Fc1ccc2c(c(N3CCCCc4c(Br)cccc43)nc3nncn32)c1F. The van der Waals surface area contributed by atoms with Crippen molar-refractivity contribution >= 4 is 44.1 Å². The van der Waals surface area contributed by atoms with Crippen molar-refractivity contribution in [3.05, 3.63) is 58.3 Å². The zero-order valence-corrected chi connectivity index (χ0v) is 15.7. The fraction of sp³-hybridized carbons (Fsp3) is 0.211. The molecule has 0 aliphatic carbocycles. The molecule has 1 aliphatic rings. The normalized spacial score (nSPS) is 14.6. The molecule has 1 aliphatic heterocycles. The zero-order chi connectivity index (χ0) is 18.5. The standard InChI is InChI=1S/C19H14BrF2N5/c20-12-5-3-6-14-11(12)4-1-2-9-26(14)18-16-15(8-7-13(21)17(16)22)27-10-23-25-19(27)24-18/h3,5-8,10H,1-2,4,9H2. The van der Waals surface area contributed by atoms with Gasteiger partial charge in [-0.2, -0.15) is 4.98 Å². The molecule has 0 saturated heterocycles. The Kier molecular flexibility index (Phi) is 3.82. The maximum atomic E-state index is 14.9. The van der Waals surface area contributed by atoms with Gasteiger partial charge in [-0.05, 0) is 49.1 Å². The van der Waals surface area contributed by atoms with Crippen LogP contribution in [0.25, 0.3) is 16.7 Å². The van der Waals surface area contributed by atoms with Gasteiger partial charge in [0.15, 0.2) is 11.6 Å². The van der Waals surface area contributed by atoms with Gasteiger partial charge < -0.3 is 4.90 Å². The average Bonchev–Trinajstić information content (AvgIpc) is 3.03. The number of hydrogen-bond acceptors (Lipinski definition) is 4. The minimum absolute atomic E-state index is 0.134. The molecule has 0 bridgehead atoms. The van der Waals surface area contributed by atoms with Gasteiger partial charge >= 0.3 is 0 Å². The van der Waals surface area contributed by atoms with Crippen LogP contribution in [0.5, 0.6) is 0 Å². The number of halogens is 3. The summed E-state index contributed by atoms with van der Waals surface area (Å²) in [5.74, 6) is -1.10. The van der Waals surface area contributed by atoms with E-state index in [0.29, 0.717) is 23.7 Å². The van der Waals surface area contributed by atoms with E-state index in [0.717, 1.165) is 41.1 Å². The summed E-state index contributed by atoms with van der Waals surface area (Å²) >= 11 is 3.62. The number of fused-ring (bicyclic) bond motifs is 4. The van der Waals surface area contributed by atoms with Gasteiger partial charge in [0.1, 0.15) is 12.1 Å². The highest BCUT2D eigenvalue weighted by Gasteiger charge is 2.25. The number of nitrogens with zero attached hydrogens (tertiary/aromatic N) is 5. The van der Waals surface area contributed by atoms with Crippen molar-refractivity contribution in [3.8, 4) is 0 Å². The summed E-state index contributed by atoms with van der Waals surface area (Å²) in [7, 11) is 0. The van der Waals surface area contributed by atoms with E-state index in [1.807, 2.05) is 23.1 Å². The molecule has 5 nitrogen and oxygen atoms in total. The van der Waals surface area contributed by atoms with Crippen molar-refractivity contribution in [2.45, 2.75) is 19.3 Å². The summed E-state index contributed by atoms with van der Waals surface area (Å²) in [5, 5.41) is 8.03. The fourth-order valence-electron chi connectivity index (χ4n) is 3.73. The quantitative estimate of drug-likeness (QED) is 0.436. The van der Waals surface area contributed by atoms with Crippen LogP contribution in [-0.4, -0.2) is 26.1 Å². The molecule has 5 rings (SSSR count). The summed E-state index contributed by atoms with van der Waals surface area (Å²) < 4.78 is 31.6. The molecule has 4 aromatic rings. The van der Waals surface area contributed by atoms with Gasteiger partial charge in [-0.1, -0.05) is 22.0 Å². The first-order valence-electron chi connectivity index (χ1n) is 8.67. The highest BCUT2D eigenvalue weighted by atomic mass is 79.9. The lowest BCUT2D eigenvalue weighted by Gasteiger charge is -2.26. The Bertz CT molecular complexity index is 1190. The van der Waals surface area contributed by atoms with Crippen molar-refractivity contribution in [1.29, 1.82) is 0 Å². The van der Waals surface area contributed by atoms with Gasteiger partial charge in [0.05, 0.1) is 10.9 Å². The molecule has 3 heterocycles. The van der Waals surface area contributed by atoms with E-state index < -0.39 is 11.6 Å². The topological polar surface area (TPSA) is 46.3 Å². The van der Waals surface area contributed by atoms with Crippen molar-refractivity contribution in [2.75, 3.05) is 11.4 Å². The molecule has 2 aromatic heterocycles. The predicted octanol–water partition coefficient (Wildman–Crippen LogP) is 4.79. The second-order valence-corrected chi connectivity index (χ2v) is 7.39. The Balaban J connectivity index is 1.87. The van der Waals surface area contributed by atoms with Gasteiger partial charge in [0.2, 0.25) is 0 Å². The monoisotopic (exact) mass is 429 g/mol. The largest absolute Gasteiger partial charge is 0.325 e. The van der Waals surface area contributed by atoms with Crippen LogP contribution in [-0.2, 0) is 6.42 Å². The van der Waals surface area contributed by atoms with Gasteiger partial charge in [-0.15, -0.1) is 10.2 Å². The third kappa shape index (κ3) is 2.50. The van der Waals surface area contributed by atoms with E-state index >= 15 is 0 Å². The molecule has 0 radical (unpaired) electrons. The molecular formula is C19H14BrF2N5.